The molecule has 2 aliphatic carbocycles. The molecular formula is C23H26ClF2N7O2. The number of halogens is 3. The normalized spacial score (nSPS) is 24.6. The number of nitrogens with zero attached hydrogens (tertiary/aromatic N) is 4. The number of nitrogens with two attached hydrogens (primary N) is 1. The molecule has 9 nitrogen and oxygen atoms in total. The summed E-state index contributed by atoms with van der Waals surface area (Å²) in [5, 5.41) is 15.9. The third kappa shape index (κ3) is 4.62. The van der Waals surface area contributed by atoms with Crippen molar-refractivity contribution in [3.05, 3.63) is 35.0 Å². The fraction of sp³-hybridized carbons (Fsp3) is 0.478. The van der Waals surface area contributed by atoms with Crippen LogP contribution in [0.1, 0.15) is 51.0 Å². The lowest BCUT2D eigenvalue weighted by Gasteiger charge is -2.29. The number of hydrogen-bond donors (Lipinski definition) is 4. The average Bonchev–Trinajstić information content (AvgIpc) is 3.41. The lowest BCUT2D eigenvalue weighted by molar-refractivity contribution is -0.122. The largest absolute Gasteiger partial charge is 0.391 e. The van der Waals surface area contributed by atoms with Gasteiger partial charge in [-0.1, -0.05) is 11.6 Å². The summed E-state index contributed by atoms with van der Waals surface area (Å²) in [5.41, 5.74) is 6.36. The maximum absolute atomic E-state index is 14.6. The van der Waals surface area contributed by atoms with Crippen LogP contribution in [0.15, 0.2) is 18.3 Å². The summed E-state index contributed by atoms with van der Waals surface area (Å²) in [7, 11) is 0. The van der Waals surface area contributed by atoms with E-state index in [0.717, 1.165) is 19.3 Å². The molecule has 35 heavy (non-hydrogen) atoms. The van der Waals surface area contributed by atoms with Gasteiger partial charge in [0, 0.05) is 12.0 Å². The zero-order chi connectivity index (χ0) is 24.7. The average molecular weight is 506 g/mol. The predicted molar refractivity (Wildman–Crippen MR) is 127 cm³/mol. The number of imidazole rings is 1. The van der Waals surface area contributed by atoms with Gasteiger partial charge in [-0.15, -0.1) is 0 Å². The third-order valence-electron chi connectivity index (χ3n) is 6.97. The quantitative estimate of drug-likeness (QED) is 0.372. The Labute approximate surface area is 205 Å². The van der Waals surface area contributed by atoms with Gasteiger partial charge in [-0.05, 0) is 57.1 Å². The molecule has 5 N–H and O–H groups in total. The highest BCUT2D eigenvalue weighted by molar-refractivity contribution is 6.30. The lowest BCUT2D eigenvalue weighted by Crippen LogP contribution is -2.29. The van der Waals surface area contributed by atoms with Crippen LogP contribution in [-0.2, 0) is 4.79 Å². The maximum atomic E-state index is 14.6. The van der Waals surface area contributed by atoms with Gasteiger partial charge in [0.15, 0.2) is 17.3 Å². The number of rotatable bonds is 6. The van der Waals surface area contributed by atoms with Crippen molar-refractivity contribution in [3.8, 4) is 0 Å². The second-order valence-corrected chi connectivity index (χ2v) is 9.62. The first-order chi connectivity index (χ1) is 16.8. The molecule has 5 rings (SSSR count). The fourth-order valence-corrected chi connectivity index (χ4v) is 5.18. The highest BCUT2D eigenvalue weighted by Gasteiger charge is 2.30. The molecule has 2 fully saturated rings. The molecule has 186 valence electrons. The van der Waals surface area contributed by atoms with Crippen LogP contribution in [0.3, 0.4) is 0 Å². The van der Waals surface area contributed by atoms with Crippen molar-refractivity contribution >= 4 is 46.3 Å². The fourth-order valence-electron chi connectivity index (χ4n) is 5.03. The van der Waals surface area contributed by atoms with Crippen molar-refractivity contribution in [1.82, 2.24) is 19.5 Å². The van der Waals surface area contributed by atoms with Gasteiger partial charge in [0.05, 0.1) is 29.1 Å². The topological polar surface area (TPSA) is 131 Å². The number of benzene rings is 1. The van der Waals surface area contributed by atoms with E-state index in [2.05, 4.69) is 25.6 Å². The number of amides is 1. The number of aliphatic hydroxyl groups is 1. The summed E-state index contributed by atoms with van der Waals surface area (Å²) < 4.78 is 30.5. The first-order valence-electron chi connectivity index (χ1n) is 11.7. The lowest BCUT2D eigenvalue weighted by atomic mass is 9.85. The zero-order valence-electron chi connectivity index (χ0n) is 18.8. The zero-order valence-corrected chi connectivity index (χ0v) is 19.6. The summed E-state index contributed by atoms with van der Waals surface area (Å²) in [5.74, 6) is -2.16. The molecule has 0 unspecified atom stereocenters. The maximum Gasteiger partial charge on any atom is 0.225 e. The molecule has 2 saturated carbocycles. The highest BCUT2D eigenvalue weighted by Crippen LogP contribution is 2.37. The van der Waals surface area contributed by atoms with Crippen LogP contribution >= 0.6 is 11.6 Å². The van der Waals surface area contributed by atoms with E-state index in [1.807, 2.05) is 4.57 Å². The van der Waals surface area contributed by atoms with E-state index in [4.69, 9.17) is 17.3 Å². The van der Waals surface area contributed by atoms with Crippen molar-refractivity contribution in [2.45, 2.75) is 63.1 Å². The Hall–Kier alpha value is -3.05. The van der Waals surface area contributed by atoms with Crippen molar-refractivity contribution < 1.29 is 18.7 Å². The van der Waals surface area contributed by atoms with Crippen LogP contribution in [0.25, 0.3) is 11.2 Å². The Bertz CT molecular complexity index is 1260. The first-order valence-corrected chi connectivity index (χ1v) is 12.1. The van der Waals surface area contributed by atoms with Gasteiger partial charge in [-0.3, -0.25) is 9.36 Å². The van der Waals surface area contributed by atoms with Gasteiger partial charge in [0.2, 0.25) is 17.8 Å². The van der Waals surface area contributed by atoms with E-state index >= 15 is 0 Å². The van der Waals surface area contributed by atoms with Gasteiger partial charge in [0.25, 0.3) is 0 Å². The molecule has 3 aromatic rings. The van der Waals surface area contributed by atoms with Gasteiger partial charge in [0.1, 0.15) is 5.52 Å². The summed E-state index contributed by atoms with van der Waals surface area (Å²) in [4.78, 5) is 25.2. The van der Waals surface area contributed by atoms with Gasteiger partial charge >= 0.3 is 0 Å². The van der Waals surface area contributed by atoms with E-state index in [9.17, 15) is 18.7 Å². The van der Waals surface area contributed by atoms with Crippen molar-refractivity contribution in [3.63, 3.8) is 0 Å². The standard InChI is InChI=1S/C23H26ClF2N7O2/c24-13-8-9-15(19(26)18(13)25)30-23-31-16-10-28-22(29-14-2-1-3-17(14)34)32-21(16)33(23)12-6-4-11(5-7-12)20(27)35/h8-12,14,17,34H,1-7H2,(H2,27,35)(H,30,31)(H,28,29,32)/t11-,12+,14-,17-/m1/s1. The molecule has 2 heterocycles. The summed E-state index contributed by atoms with van der Waals surface area (Å²) in [6.07, 6.45) is 6.02. The Morgan fingerprint density at radius 1 is 1.11 bits per heavy atom. The third-order valence-corrected chi connectivity index (χ3v) is 7.26. The second-order valence-electron chi connectivity index (χ2n) is 9.21. The van der Waals surface area contributed by atoms with Crippen molar-refractivity contribution in [2.24, 2.45) is 11.7 Å². The smallest absolute Gasteiger partial charge is 0.225 e. The van der Waals surface area contributed by atoms with E-state index in [0.29, 0.717) is 42.8 Å². The first kappa shape index (κ1) is 23.7. The van der Waals surface area contributed by atoms with Crippen LogP contribution in [0.2, 0.25) is 5.02 Å². The Kier molecular flexibility index (Phi) is 6.45. The second kappa shape index (κ2) is 9.54. The number of fused-ring (bicyclic) bond motifs is 1. The van der Waals surface area contributed by atoms with E-state index in [1.165, 1.54) is 12.1 Å². The predicted octanol–water partition coefficient (Wildman–Crippen LogP) is 4.04. The molecule has 1 amide bonds. The Morgan fingerprint density at radius 2 is 1.89 bits per heavy atom. The van der Waals surface area contributed by atoms with Crippen LogP contribution < -0.4 is 16.4 Å². The number of carbonyl (C=O) groups excluding carboxylic acids is 1. The summed E-state index contributed by atoms with van der Waals surface area (Å²) in [6, 6.07) is 2.37. The van der Waals surface area contributed by atoms with E-state index in [-0.39, 0.29) is 40.6 Å². The number of anilines is 3. The van der Waals surface area contributed by atoms with Gasteiger partial charge in [-0.25, -0.2) is 18.7 Å². The molecule has 12 heteroatoms. The Morgan fingerprint density at radius 3 is 2.57 bits per heavy atom. The molecule has 1 aromatic carbocycles. The molecule has 0 bridgehead atoms. The van der Waals surface area contributed by atoms with Crippen molar-refractivity contribution in [1.29, 1.82) is 0 Å². The minimum atomic E-state index is -1.15. The molecule has 2 atom stereocenters. The molecule has 0 radical (unpaired) electrons. The number of hydrogen-bond acceptors (Lipinski definition) is 7. The number of nitrogens with one attached hydrogen (secondary N) is 2. The van der Waals surface area contributed by atoms with Crippen molar-refractivity contribution in [2.75, 3.05) is 10.6 Å². The molecule has 2 aromatic heterocycles. The highest BCUT2D eigenvalue weighted by atomic mass is 35.5. The molecule has 0 aliphatic heterocycles. The minimum Gasteiger partial charge on any atom is -0.391 e. The van der Waals surface area contributed by atoms with Crippen LogP contribution in [0.4, 0.5) is 26.4 Å². The molecule has 2 aliphatic rings. The monoisotopic (exact) mass is 505 g/mol. The van der Waals surface area contributed by atoms with Gasteiger partial charge in [-0.2, -0.15) is 4.98 Å². The minimum absolute atomic E-state index is 0.0990. The number of aliphatic hydroxyl groups excluding tert-OH is 1. The molecule has 0 saturated heterocycles. The van der Waals surface area contributed by atoms with Crippen LogP contribution in [0.5, 0.6) is 0 Å². The van der Waals surface area contributed by atoms with Crippen LogP contribution in [0, 0.1) is 17.6 Å². The van der Waals surface area contributed by atoms with Crippen LogP contribution in [-0.4, -0.2) is 42.7 Å². The Balaban J connectivity index is 1.53. The number of primary amides is 1. The SMILES string of the molecule is NC(=O)[C@H]1CC[C@@H](n2c(Nc3ccc(Cl)c(F)c3F)nc3cnc(N[C@@H]4CCC[C@H]4O)nc32)CC1. The molecular weight excluding hydrogens is 480 g/mol. The van der Waals surface area contributed by atoms with E-state index < -0.39 is 17.7 Å². The van der Waals surface area contributed by atoms with E-state index in [1.54, 1.807) is 6.20 Å². The van der Waals surface area contributed by atoms with Gasteiger partial charge < -0.3 is 21.5 Å². The summed E-state index contributed by atoms with van der Waals surface area (Å²) in [6.45, 7) is 0. The number of carbonyl (C=O) groups is 1. The number of aromatic nitrogens is 4. The summed E-state index contributed by atoms with van der Waals surface area (Å²) >= 11 is 5.70. The molecule has 0 spiro atoms.